The molecule has 0 aliphatic carbocycles. The molecule has 0 spiro atoms. The highest BCUT2D eigenvalue weighted by Gasteiger charge is 2.43. The number of halogens is 6. The van der Waals surface area contributed by atoms with E-state index in [1.165, 1.54) is 18.9 Å². The number of para-hydroxylation sites is 1. The Morgan fingerprint density at radius 2 is 1.60 bits per heavy atom. The number of nitrogens with zero attached hydrogens (tertiary/aromatic N) is 3. The van der Waals surface area contributed by atoms with Crippen LogP contribution in [0.4, 0.5) is 37.0 Å². The Morgan fingerprint density at radius 3 is 2.17 bits per heavy atom. The van der Waals surface area contributed by atoms with Gasteiger partial charge in [0.05, 0.1) is 36.5 Å². The lowest BCUT2D eigenvalue weighted by molar-refractivity contribution is -0.143. The van der Waals surface area contributed by atoms with E-state index in [0.717, 1.165) is 19.5 Å². The molecule has 3 heterocycles. The molecular weight excluding hydrogens is 540 g/mol. The van der Waals surface area contributed by atoms with Crippen molar-refractivity contribution >= 4 is 11.9 Å². The molecule has 5 rings (SSSR count). The summed E-state index contributed by atoms with van der Waals surface area (Å²) < 4.78 is 91.6. The number of cyclic esters (lactones) is 1. The predicted molar refractivity (Wildman–Crippen MR) is 134 cm³/mol. The second-order valence-electron chi connectivity index (χ2n) is 9.72. The van der Waals surface area contributed by atoms with E-state index in [-0.39, 0.29) is 12.6 Å². The minimum Gasteiger partial charge on any atom is -0.496 e. The van der Waals surface area contributed by atoms with Crippen LogP contribution in [-0.2, 0) is 23.6 Å². The van der Waals surface area contributed by atoms with Crippen LogP contribution < -0.4 is 9.64 Å². The molecule has 1 aromatic heterocycles. The van der Waals surface area contributed by atoms with Crippen molar-refractivity contribution in [1.82, 2.24) is 9.88 Å². The molecule has 2 fully saturated rings. The number of pyridine rings is 1. The molecule has 12 heteroatoms. The van der Waals surface area contributed by atoms with Crippen LogP contribution in [0.1, 0.15) is 41.8 Å². The number of benzene rings is 2. The Balaban J connectivity index is 1.52. The van der Waals surface area contributed by atoms with Crippen LogP contribution in [0.15, 0.2) is 54.6 Å². The molecule has 6 nitrogen and oxygen atoms in total. The normalized spacial score (nSPS) is 19.4. The Kier molecular flexibility index (Phi) is 7.05. The maximum Gasteiger partial charge on any atom is 0.416 e. The molecule has 0 saturated carbocycles. The molecular formula is C28H25F6N3O3. The van der Waals surface area contributed by atoms with E-state index in [2.05, 4.69) is 4.90 Å². The van der Waals surface area contributed by atoms with Crippen molar-refractivity contribution in [1.29, 1.82) is 0 Å². The van der Waals surface area contributed by atoms with Crippen molar-refractivity contribution in [3.05, 3.63) is 77.0 Å². The van der Waals surface area contributed by atoms with Gasteiger partial charge in [0.25, 0.3) is 0 Å². The van der Waals surface area contributed by atoms with E-state index in [0.29, 0.717) is 40.5 Å². The van der Waals surface area contributed by atoms with E-state index in [1.807, 2.05) is 24.3 Å². The Bertz CT molecular complexity index is 1390. The number of aromatic nitrogens is 1. The van der Waals surface area contributed by atoms with E-state index in [9.17, 15) is 31.1 Å². The quantitative estimate of drug-likeness (QED) is 0.299. The zero-order valence-electron chi connectivity index (χ0n) is 21.5. The van der Waals surface area contributed by atoms with Gasteiger partial charge >= 0.3 is 18.4 Å². The Labute approximate surface area is 226 Å². The van der Waals surface area contributed by atoms with Gasteiger partial charge in [0.2, 0.25) is 0 Å². The average Bonchev–Trinajstić information content (AvgIpc) is 3.15. The largest absolute Gasteiger partial charge is 0.496 e. The first kappa shape index (κ1) is 27.6. The molecule has 1 unspecified atom stereocenters. The van der Waals surface area contributed by atoms with Crippen molar-refractivity contribution in [2.75, 3.05) is 25.1 Å². The number of alkyl halides is 6. The molecule has 2 aromatic carbocycles. The van der Waals surface area contributed by atoms with Gasteiger partial charge in [-0.3, -0.25) is 4.90 Å². The minimum absolute atomic E-state index is 0.0490. The highest BCUT2D eigenvalue weighted by atomic mass is 19.4. The van der Waals surface area contributed by atoms with Crippen LogP contribution in [0.25, 0.3) is 11.1 Å². The molecule has 40 heavy (non-hydrogen) atoms. The number of ether oxygens (including phenoxy) is 2. The van der Waals surface area contributed by atoms with Gasteiger partial charge in [-0.05, 0) is 55.3 Å². The van der Waals surface area contributed by atoms with Gasteiger partial charge < -0.3 is 14.4 Å². The summed E-state index contributed by atoms with van der Waals surface area (Å²) >= 11 is 0. The van der Waals surface area contributed by atoms with Crippen LogP contribution in [0.2, 0.25) is 0 Å². The fraction of sp³-hybridized carbons (Fsp3) is 0.357. The van der Waals surface area contributed by atoms with Gasteiger partial charge in [0, 0.05) is 24.2 Å². The van der Waals surface area contributed by atoms with E-state index < -0.39 is 47.3 Å². The van der Waals surface area contributed by atoms with Gasteiger partial charge in [-0.15, -0.1) is 0 Å². The first-order valence-corrected chi connectivity index (χ1v) is 12.5. The van der Waals surface area contributed by atoms with Crippen LogP contribution in [-0.4, -0.2) is 42.2 Å². The predicted octanol–water partition coefficient (Wildman–Crippen LogP) is 7.09. The minimum atomic E-state index is -5.02. The number of carbonyl (C=O) groups excluding carboxylic acids is 1. The lowest BCUT2D eigenvalue weighted by Crippen LogP contribution is -2.38. The summed E-state index contributed by atoms with van der Waals surface area (Å²) in [5, 5.41) is 0. The molecule has 0 bridgehead atoms. The van der Waals surface area contributed by atoms with Crippen LogP contribution in [0.5, 0.6) is 5.75 Å². The maximum atomic E-state index is 13.5. The summed E-state index contributed by atoms with van der Waals surface area (Å²) in [7, 11) is 1.52. The second-order valence-corrected chi connectivity index (χ2v) is 9.72. The van der Waals surface area contributed by atoms with Gasteiger partial charge in [0.15, 0.2) is 0 Å². The number of methoxy groups -OCH3 is 1. The van der Waals surface area contributed by atoms with Crippen molar-refractivity contribution < 1.29 is 40.6 Å². The molecule has 212 valence electrons. The molecule has 2 atom stereocenters. The monoisotopic (exact) mass is 565 g/mol. The third-order valence-corrected chi connectivity index (χ3v) is 7.19. The SMILES string of the molecule is COc1ccccc1-c1ccc(N2CCC2)nc1CN1C(=O)OC(c2cc(C(F)(F)F)cc(C(F)(F)F)c2)[C@@H]1C. The molecule has 2 aliphatic heterocycles. The first-order chi connectivity index (χ1) is 18.9. The van der Waals surface area contributed by atoms with Crippen LogP contribution in [0.3, 0.4) is 0 Å². The fourth-order valence-corrected chi connectivity index (χ4v) is 4.91. The number of carbonyl (C=O) groups is 1. The topological polar surface area (TPSA) is 54.9 Å². The zero-order chi connectivity index (χ0) is 28.8. The molecule has 1 amide bonds. The third-order valence-electron chi connectivity index (χ3n) is 7.19. The molecule has 2 aliphatic rings. The average molecular weight is 566 g/mol. The standard InChI is InChI=1S/C28H25F6N3O3/c1-16-25(17-12-18(27(29,30)31)14-19(13-17)28(32,33)34)40-26(38)37(16)15-22-20(21-6-3-4-7-23(21)39-2)8-9-24(35-22)36-10-5-11-36/h3-4,6-9,12-14,16,25H,5,10-11,15H2,1-2H3/t16-,25?/m0/s1. The van der Waals surface area contributed by atoms with E-state index in [1.54, 1.807) is 12.1 Å². The van der Waals surface area contributed by atoms with Gasteiger partial charge in [0.1, 0.15) is 17.7 Å². The number of hydrogen-bond acceptors (Lipinski definition) is 5. The highest BCUT2D eigenvalue weighted by Crippen LogP contribution is 2.42. The first-order valence-electron chi connectivity index (χ1n) is 12.5. The third kappa shape index (κ3) is 5.26. The van der Waals surface area contributed by atoms with Crippen molar-refractivity contribution in [2.24, 2.45) is 0 Å². The summed E-state index contributed by atoms with van der Waals surface area (Å²) in [4.78, 5) is 21.1. The maximum absolute atomic E-state index is 13.5. The molecule has 3 aromatic rings. The highest BCUT2D eigenvalue weighted by molar-refractivity contribution is 5.75. The van der Waals surface area contributed by atoms with Crippen molar-refractivity contribution in [3.8, 4) is 16.9 Å². The van der Waals surface area contributed by atoms with Crippen molar-refractivity contribution in [3.63, 3.8) is 0 Å². The fourth-order valence-electron chi connectivity index (χ4n) is 4.91. The van der Waals surface area contributed by atoms with Gasteiger partial charge in [-0.25, -0.2) is 9.78 Å². The molecule has 2 saturated heterocycles. The smallest absolute Gasteiger partial charge is 0.416 e. The molecule has 0 N–H and O–H groups in total. The summed E-state index contributed by atoms with van der Waals surface area (Å²) in [5.74, 6) is 1.27. The Hall–Kier alpha value is -3.96. The summed E-state index contributed by atoms with van der Waals surface area (Å²) in [6.07, 6.45) is -11.3. The summed E-state index contributed by atoms with van der Waals surface area (Å²) in [5.41, 5.74) is -1.46. The van der Waals surface area contributed by atoms with E-state index >= 15 is 0 Å². The summed E-state index contributed by atoms with van der Waals surface area (Å²) in [6.45, 7) is 3.07. The van der Waals surface area contributed by atoms with Gasteiger partial charge in [-0.2, -0.15) is 26.3 Å². The van der Waals surface area contributed by atoms with Crippen LogP contribution >= 0.6 is 0 Å². The second kappa shape index (κ2) is 10.2. The van der Waals surface area contributed by atoms with Crippen molar-refractivity contribution in [2.45, 2.75) is 44.4 Å². The lowest BCUT2D eigenvalue weighted by Gasteiger charge is -2.33. The van der Waals surface area contributed by atoms with E-state index in [4.69, 9.17) is 14.5 Å². The summed E-state index contributed by atoms with van der Waals surface area (Å²) in [6, 6.07) is 11.3. The van der Waals surface area contributed by atoms with Crippen LogP contribution in [0, 0.1) is 0 Å². The molecule has 0 radical (unpaired) electrons. The van der Waals surface area contributed by atoms with Gasteiger partial charge in [-0.1, -0.05) is 18.2 Å². The number of hydrogen-bond donors (Lipinski definition) is 0. The number of amides is 1. The number of rotatable bonds is 6. The zero-order valence-corrected chi connectivity index (χ0v) is 21.5. The lowest BCUT2D eigenvalue weighted by atomic mass is 9.97. The number of anilines is 1. The Morgan fingerprint density at radius 1 is 0.950 bits per heavy atom.